The Morgan fingerprint density at radius 3 is 2.75 bits per heavy atom. The number of hydrogen-bond acceptors (Lipinski definition) is 3. The maximum atomic E-state index is 12.1. The molecule has 0 radical (unpaired) electrons. The third-order valence-electron chi connectivity index (χ3n) is 3.75. The summed E-state index contributed by atoms with van der Waals surface area (Å²) in [4.78, 5) is 14.4. The van der Waals surface area contributed by atoms with E-state index in [4.69, 9.17) is 0 Å². The normalized spacial score (nSPS) is 18.7. The van der Waals surface area contributed by atoms with E-state index < -0.39 is 0 Å². The lowest BCUT2D eigenvalue weighted by Gasteiger charge is -2.28. The summed E-state index contributed by atoms with van der Waals surface area (Å²) in [6.45, 7) is 6.78. The van der Waals surface area contributed by atoms with E-state index in [9.17, 15) is 4.79 Å². The monoisotopic (exact) mass is 275 g/mol. The molecule has 1 aromatic carbocycles. The lowest BCUT2D eigenvalue weighted by molar-refractivity contribution is -0.117. The van der Waals surface area contributed by atoms with Gasteiger partial charge in [-0.3, -0.25) is 9.69 Å². The van der Waals surface area contributed by atoms with Crippen LogP contribution < -0.4 is 10.6 Å². The van der Waals surface area contributed by atoms with Crippen molar-refractivity contribution in [1.82, 2.24) is 10.2 Å². The Balaban J connectivity index is 1.85. The first-order chi connectivity index (χ1) is 9.65. The summed E-state index contributed by atoms with van der Waals surface area (Å²) in [6.07, 6.45) is 2.45. The van der Waals surface area contributed by atoms with Crippen molar-refractivity contribution in [2.45, 2.75) is 38.8 Å². The van der Waals surface area contributed by atoms with E-state index in [0.717, 1.165) is 18.8 Å². The number of rotatable bonds is 6. The van der Waals surface area contributed by atoms with Crippen molar-refractivity contribution in [3.63, 3.8) is 0 Å². The zero-order valence-electron chi connectivity index (χ0n) is 12.4. The molecule has 0 aromatic heterocycles. The van der Waals surface area contributed by atoms with E-state index in [1.54, 1.807) is 0 Å². The van der Waals surface area contributed by atoms with Gasteiger partial charge in [0.05, 0.1) is 6.54 Å². The van der Waals surface area contributed by atoms with Crippen molar-refractivity contribution in [3.8, 4) is 0 Å². The number of carbonyl (C=O) groups excluding carboxylic acids is 1. The molecule has 0 bridgehead atoms. The third-order valence-corrected chi connectivity index (χ3v) is 3.75. The molecule has 0 aliphatic carbocycles. The number of anilines is 1. The van der Waals surface area contributed by atoms with Gasteiger partial charge in [0.1, 0.15) is 0 Å². The van der Waals surface area contributed by atoms with Crippen LogP contribution >= 0.6 is 0 Å². The molecule has 1 aromatic rings. The number of amides is 1. The minimum absolute atomic E-state index is 0.0582. The molecule has 1 aliphatic heterocycles. The predicted molar refractivity (Wildman–Crippen MR) is 82.8 cm³/mol. The Morgan fingerprint density at radius 2 is 2.15 bits per heavy atom. The Bertz CT molecular complexity index is 413. The van der Waals surface area contributed by atoms with Crippen molar-refractivity contribution in [1.29, 1.82) is 0 Å². The lowest BCUT2D eigenvalue weighted by Crippen LogP contribution is -2.44. The van der Waals surface area contributed by atoms with Crippen LogP contribution in [0.4, 0.5) is 5.69 Å². The van der Waals surface area contributed by atoms with Crippen molar-refractivity contribution >= 4 is 11.6 Å². The van der Waals surface area contributed by atoms with Crippen LogP contribution in [0, 0.1) is 0 Å². The lowest BCUT2D eigenvalue weighted by atomic mass is 10.2. The summed E-state index contributed by atoms with van der Waals surface area (Å²) < 4.78 is 0. The fraction of sp³-hybridized carbons (Fsp3) is 0.562. The summed E-state index contributed by atoms with van der Waals surface area (Å²) in [5.41, 5.74) is 0.861. The van der Waals surface area contributed by atoms with Crippen LogP contribution in [0.15, 0.2) is 30.3 Å². The van der Waals surface area contributed by atoms with Crippen molar-refractivity contribution in [2.75, 3.05) is 25.0 Å². The van der Waals surface area contributed by atoms with Crippen molar-refractivity contribution in [3.05, 3.63) is 30.3 Å². The minimum atomic E-state index is 0.0582. The summed E-state index contributed by atoms with van der Waals surface area (Å²) in [7, 11) is 0. The highest BCUT2D eigenvalue weighted by atomic mass is 16.2. The smallest absolute Gasteiger partial charge is 0.238 e. The Kier molecular flexibility index (Phi) is 5.56. The number of nitrogens with zero attached hydrogens (tertiary/aromatic N) is 1. The molecule has 1 atom stereocenters. The molecule has 2 rings (SSSR count). The second-order valence-corrected chi connectivity index (χ2v) is 5.73. The van der Waals surface area contributed by atoms with Crippen LogP contribution in [0.5, 0.6) is 0 Å². The first kappa shape index (κ1) is 15.0. The van der Waals surface area contributed by atoms with Crippen LogP contribution in [-0.4, -0.2) is 42.5 Å². The van der Waals surface area contributed by atoms with Gasteiger partial charge in [-0.2, -0.15) is 0 Å². The van der Waals surface area contributed by atoms with Gasteiger partial charge in [0.25, 0.3) is 0 Å². The molecule has 4 nitrogen and oxygen atoms in total. The molecule has 1 heterocycles. The minimum Gasteiger partial charge on any atom is -0.325 e. The van der Waals surface area contributed by atoms with E-state index in [1.807, 2.05) is 30.3 Å². The standard InChI is InChI=1S/C16H25N3O/c1-13(2)19(11-15-9-6-10-17-15)12-16(20)18-14-7-4-3-5-8-14/h3-5,7-8,13,15,17H,6,9-12H2,1-2H3,(H,18,20). The molecule has 4 heteroatoms. The fourth-order valence-electron chi connectivity index (χ4n) is 2.56. The van der Waals surface area contributed by atoms with Gasteiger partial charge in [0.15, 0.2) is 0 Å². The molecule has 0 spiro atoms. The van der Waals surface area contributed by atoms with Crippen LogP contribution in [-0.2, 0) is 4.79 Å². The summed E-state index contributed by atoms with van der Waals surface area (Å²) >= 11 is 0. The van der Waals surface area contributed by atoms with E-state index in [2.05, 4.69) is 29.4 Å². The SMILES string of the molecule is CC(C)N(CC(=O)Nc1ccccc1)CC1CCCN1. The van der Waals surface area contributed by atoms with Gasteiger partial charge >= 0.3 is 0 Å². The first-order valence-corrected chi connectivity index (χ1v) is 7.47. The van der Waals surface area contributed by atoms with E-state index in [1.165, 1.54) is 12.8 Å². The van der Waals surface area contributed by atoms with Crippen LogP contribution in [0.25, 0.3) is 0 Å². The van der Waals surface area contributed by atoms with Gasteiger partial charge in [0, 0.05) is 24.3 Å². The molecule has 1 aliphatic rings. The Hall–Kier alpha value is -1.39. The molecular weight excluding hydrogens is 250 g/mol. The molecule has 1 saturated heterocycles. The third kappa shape index (κ3) is 4.62. The highest BCUT2D eigenvalue weighted by Gasteiger charge is 2.21. The van der Waals surface area contributed by atoms with Gasteiger partial charge in [-0.15, -0.1) is 0 Å². The molecule has 2 N–H and O–H groups in total. The summed E-state index contributed by atoms with van der Waals surface area (Å²) in [5, 5.41) is 6.44. The van der Waals surface area contributed by atoms with Crippen molar-refractivity contribution in [2.24, 2.45) is 0 Å². The van der Waals surface area contributed by atoms with Gasteiger partial charge in [-0.05, 0) is 45.4 Å². The number of para-hydroxylation sites is 1. The van der Waals surface area contributed by atoms with Crippen LogP contribution in [0.3, 0.4) is 0 Å². The molecule has 110 valence electrons. The van der Waals surface area contributed by atoms with E-state index in [0.29, 0.717) is 18.6 Å². The highest BCUT2D eigenvalue weighted by Crippen LogP contribution is 2.10. The van der Waals surface area contributed by atoms with Crippen LogP contribution in [0.1, 0.15) is 26.7 Å². The second-order valence-electron chi connectivity index (χ2n) is 5.73. The van der Waals surface area contributed by atoms with E-state index in [-0.39, 0.29) is 5.91 Å². The quantitative estimate of drug-likeness (QED) is 0.835. The van der Waals surface area contributed by atoms with Crippen molar-refractivity contribution < 1.29 is 4.79 Å². The summed E-state index contributed by atoms with van der Waals surface area (Å²) in [5.74, 6) is 0.0582. The van der Waals surface area contributed by atoms with Gasteiger partial charge in [-0.1, -0.05) is 18.2 Å². The molecule has 1 amide bonds. The zero-order chi connectivity index (χ0) is 14.4. The molecule has 1 fully saturated rings. The second kappa shape index (κ2) is 7.41. The van der Waals surface area contributed by atoms with Gasteiger partial charge in [0.2, 0.25) is 5.91 Å². The number of carbonyl (C=O) groups is 1. The molecule has 20 heavy (non-hydrogen) atoms. The van der Waals surface area contributed by atoms with Crippen LogP contribution in [0.2, 0.25) is 0 Å². The molecular formula is C16H25N3O. The number of nitrogens with one attached hydrogen (secondary N) is 2. The first-order valence-electron chi connectivity index (χ1n) is 7.47. The molecule has 0 saturated carbocycles. The highest BCUT2D eigenvalue weighted by molar-refractivity contribution is 5.92. The van der Waals surface area contributed by atoms with Gasteiger partial charge < -0.3 is 10.6 Å². The largest absolute Gasteiger partial charge is 0.325 e. The predicted octanol–water partition coefficient (Wildman–Crippen LogP) is 2.09. The maximum Gasteiger partial charge on any atom is 0.238 e. The number of benzene rings is 1. The average Bonchev–Trinajstić information content (AvgIpc) is 2.92. The Morgan fingerprint density at radius 1 is 1.40 bits per heavy atom. The maximum absolute atomic E-state index is 12.1. The topological polar surface area (TPSA) is 44.4 Å². The van der Waals surface area contributed by atoms with Gasteiger partial charge in [-0.25, -0.2) is 0 Å². The fourth-order valence-corrected chi connectivity index (χ4v) is 2.56. The zero-order valence-corrected chi connectivity index (χ0v) is 12.4. The summed E-state index contributed by atoms with van der Waals surface area (Å²) in [6, 6.07) is 10.5. The number of hydrogen-bond donors (Lipinski definition) is 2. The Labute approximate surface area is 121 Å². The average molecular weight is 275 g/mol. The molecule has 1 unspecified atom stereocenters. The van der Waals surface area contributed by atoms with E-state index >= 15 is 0 Å².